The van der Waals surface area contributed by atoms with Crippen molar-refractivity contribution in [3.8, 4) is 0 Å². The molecule has 1 aromatic rings. The minimum absolute atomic E-state index is 0.0409. The molecule has 0 atom stereocenters. The van der Waals surface area contributed by atoms with Gasteiger partial charge in [-0.25, -0.2) is 0 Å². The number of aryl methyl sites for hydroxylation is 2. The maximum atomic E-state index is 5.98. The molecule has 0 fully saturated rings. The number of alkyl halides is 1. The third kappa shape index (κ3) is 3.50. The van der Waals surface area contributed by atoms with Crippen molar-refractivity contribution in [3.05, 3.63) is 34.9 Å². The van der Waals surface area contributed by atoms with Crippen LogP contribution in [-0.4, -0.2) is 23.4 Å². The van der Waals surface area contributed by atoms with Crippen molar-refractivity contribution in [3.63, 3.8) is 0 Å². The lowest BCUT2D eigenvalue weighted by molar-refractivity contribution is 0.170. The number of hydrogen-bond donors (Lipinski definition) is 0. The predicted molar refractivity (Wildman–Crippen MR) is 72.2 cm³/mol. The molecule has 0 aliphatic carbocycles. The summed E-state index contributed by atoms with van der Waals surface area (Å²) in [5.74, 6) is 0.647. The van der Waals surface area contributed by atoms with E-state index in [1.807, 2.05) is 0 Å². The first-order valence-electron chi connectivity index (χ1n) is 5.69. The summed E-state index contributed by atoms with van der Waals surface area (Å²) in [6.07, 6.45) is 0. The van der Waals surface area contributed by atoms with E-state index in [4.69, 9.17) is 11.6 Å². The van der Waals surface area contributed by atoms with Crippen molar-refractivity contribution in [2.45, 2.75) is 39.8 Å². The molecular weight excluding hydrogens is 218 g/mol. The van der Waals surface area contributed by atoms with Gasteiger partial charge in [0.25, 0.3) is 0 Å². The van der Waals surface area contributed by atoms with Gasteiger partial charge in [0.05, 0.1) is 0 Å². The Hall–Kier alpha value is -0.530. The Balaban J connectivity index is 2.80. The Labute approximate surface area is 104 Å². The average molecular weight is 240 g/mol. The molecule has 0 heterocycles. The maximum Gasteiger partial charge on any atom is 0.0402 e. The fourth-order valence-electron chi connectivity index (χ4n) is 1.75. The Morgan fingerprint density at radius 2 is 1.62 bits per heavy atom. The zero-order valence-corrected chi connectivity index (χ0v) is 11.7. The van der Waals surface area contributed by atoms with E-state index in [9.17, 15) is 0 Å². The van der Waals surface area contributed by atoms with Crippen LogP contribution in [0.3, 0.4) is 0 Å². The molecule has 0 bridgehead atoms. The number of halogens is 1. The molecule has 2 heteroatoms. The van der Waals surface area contributed by atoms with E-state index in [1.165, 1.54) is 16.7 Å². The van der Waals surface area contributed by atoms with E-state index in [2.05, 4.69) is 57.8 Å². The Morgan fingerprint density at radius 1 is 1.12 bits per heavy atom. The van der Waals surface area contributed by atoms with Crippen LogP contribution in [0.2, 0.25) is 0 Å². The zero-order valence-electron chi connectivity index (χ0n) is 11.0. The lowest BCUT2D eigenvalue weighted by atomic mass is 10.0. The van der Waals surface area contributed by atoms with E-state index < -0.39 is 0 Å². The Bertz CT molecular complexity index is 338. The largest absolute Gasteiger partial charge is 0.296 e. The second-order valence-electron chi connectivity index (χ2n) is 5.30. The van der Waals surface area contributed by atoms with Gasteiger partial charge in [-0.1, -0.05) is 29.3 Å². The first-order chi connectivity index (χ1) is 7.35. The van der Waals surface area contributed by atoms with Crippen LogP contribution in [0, 0.1) is 13.8 Å². The highest BCUT2D eigenvalue weighted by atomic mass is 35.5. The van der Waals surface area contributed by atoms with Gasteiger partial charge in [0.15, 0.2) is 0 Å². The number of benzene rings is 1. The molecular formula is C14H22ClN. The minimum atomic E-state index is 0.0409. The highest BCUT2D eigenvalue weighted by Gasteiger charge is 2.22. The summed E-state index contributed by atoms with van der Waals surface area (Å²) < 4.78 is 0. The molecule has 0 amide bonds. The number of hydrogen-bond acceptors (Lipinski definition) is 1. The average Bonchev–Trinajstić information content (AvgIpc) is 2.15. The molecule has 1 aromatic carbocycles. The molecule has 0 saturated carbocycles. The summed E-state index contributed by atoms with van der Waals surface area (Å²) in [6, 6.07) is 6.69. The summed E-state index contributed by atoms with van der Waals surface area (Å²) in [5.41, 5.74) is 4.05. The highest BCUT2D eigenvalue weighted by Crippen LogP contribution is 2.18. The number of nitrogens with zero attached hydrogens (tertiary/aromatic N) is 1. The molecule has 0 unspecified atom stereocenters. The first kappa shape index (κ1) is 13.5. The molecule has 1 rings (SSSR count). The smallest absolute Gasteiger partial charge is 0.0402 e. The zero-order chi connectivity index (χ0) is 12.3. The first-order valence-corrected chi connectivity index (χ1v) is 6.23. The SMILES string of the molecule is Cc1cc(C)cc(CN(C)C(C)(C)CCl)c1. The van der Waals surface area contributed by atoms with Gasteiger partial charge in [-0.05, 0) is 40.3 Å². The van der Waals surface area contributed by atoms with Crippen LogP contribution in [-0.2, 0) is 6.54 Å². The summed E-state index contributed by atoms with van der Waals surface area (Å²) in [4.78, 5) is 2.30. The second kappa shape index (κ2) is 5.20. The van der Waals surface area contributed by atoms with Crippen molar-refractivity contribution in [2.75, 3.05) is 12.9 Å². The van der Waals surface area contributed by atoms with Gasteiger partial charge in [0.1, 0.15) is 0 Å². The third-order valence-corrected chi connectivity index (χ3v) is 3.72. The lowest BCUT2D eigenvalue weighted by Gasteiger charge is -2.34. The number of rotatable bonds is 4. The summed E-state index contributed by atoms with van der Waals surface area (Å²) in [6.45, 7) is 9.57. The normalized spacial score (nSPS) is 12.2. The van der Waals surface area contributed by atoms with Crippen molar-refractivity contribution in [1.29, 1.82) is 0 Å². The Kier molecular flexibility index (Phi) is 4.40. The summed E-state index contributed by atoms with van der Waals surface area (Å²) >= 11 is 5.98. The molecule has 0 spiro atoms. The van der Waals surface area contributed by atoms with Gasteiger partial charge in [-0.3, -0.25) is 4.90 Å². The van der Waals surface area contributed by atoms with Crippen LogP contribution in [0.4, 0.5) is 0 Å². The molecule has 0 N–H and O–H groups in total. The van der Waals surface area contributed by atoms with Crippen molar-refractivity contribution in [2.24, 2.45) is 0 Å². The van der Waals surface area contributed by atoms with Gasteiger partial charge in [-0.15, -0.1) is 11.6 Å². The molecule has 0 saturated heterocycles. The lowest BCUT2D eigenvalue weighted by Crippen LogP contribution is -2.42. The van der Waals surface area contributed by atoms with E-state index in [0.717, 1.165) is 6.54 Å². The van der Waals surface area contributed by atoms with Gasteiger partial charge < -0.3 is 0 Å². The third-order valence-electron chi connectivity index (χ3n) is 3.06. The fourth-order valence-corrected chi connectivity index (χ4v) is 1.95. The van der Waals surface area contributed by atoms with Gasteiger partial charge in [0, 0.05) is 18.0 Å². The molecule has 0 aliphatic heterocycles. The molecule has 0 aromatic heterocycles. The van der Waals surface area contributed by atoms with Crippen LogP contribution in [0.15, 0.2) is 18.2 Å². The summed E-state index contributed by atoms with van der Waals surface area (Å²) in [7, 11) is 2.13. The van der Waals surface area contributed by atoms with E-state index in [0.29, 0.717) is 5.88 Å². The van der Waals surface area contributed by atoms with Crippen LogP contribution in [0.25, 0.3) is 0 Å². The molecule has 90 valence electrons. The molecule has 0 radical (unpaired) electrons. The summed E-state index contributed by atoms with van der Waals surface area (Å²) in [5, 5.41) is 0. The highest BCUT2D eigenvalue weighted by molar-refractivity contribution is 6.18. The van der Waals surface area contributed by atoms with E-state index in [1.54, 1.807) is 0 Å². The molecule has 1 nitrogen and oxygen atoms in total. The monoisotopic (exact) mass is 239 g/mol. The van der Waals surface area contributed by atoms with Crippen molar-refractivity contribution >= 4 is 11.6 Å². The fraction of sp³-hybridized carbons (Fsp3) is 0.571. The predicted octanol–water partition coefficient (Wildman–Crippen LogP) is 3.75. The quantitative estimate of drug-likeness (QED) is 0.724. The van der Waals surface area contributed by atoms with Crippen molar-refractivity contribution < 1.29 is 0 Å². The van der Waals surface area contributed by atoms with E-state index >= 15 is 0 Å². The van der Waals surface area contributed by atoms with Crippen LogP contribution < -0.4 is 0 Å². The van der Waals surface area contributed by atoms with Gasteiger partial charge >= 0.3 is 0 Å². The van der Waals surface area contributed by atoms with E-state index in [-0.39, 0.29) is 5.54 Å². The van der Waals surface area contributed by atoms with Crippen LogP contribution in [0.1, 0.15) is 30.5 Å². The molecule has 16 heavy (non-hydrogen) atoms. The second-order valence-corrected chi connectivity index (χ2v) is 5.57. The standard InChI is InChI=1S/C14H22ClN/c1-11-6-12(2)8-13(7-11)9-16(5)14(3,4)10-15/h6-8H,9-10H2,1-5H3. The van der Waals surface area contributed by atoms with Crippen LogP contribution in [0.5, 0.6) is 0 Å². The topological polar surface area (TPSA) is 3.24 Å². The van der Waals surface area contributed by atoms with Gasteiger partial charge in [0.2, 0.25) is 0 Å². The van der Waals surface area contributed by atoms with Crippen molar-refractivity contribution in [1.82, 2.24) is 4.90 Å². The Morgan fingerprint density at radius 3 is 2.06 bits per heavy atom. The minimum Gasteiger partial charge on any atom is -0.296 e. The van der Waals surface area contributed by atoms with Crippen LogP contribution >= 0.6 is 11.6 Å². The van der Waals surface area contributed by atoms with Gasteiger partial charge in [-0.2, -0.15) is 0 Å². The molecule has 0 aliphatic rings. The maximum absolute atomic E-state index is 5.98.